The minimum Gasteiger partial charge on any atom is -0.419 e. The lowest BCUT2D eigenvalue weighted by Crippen LogP contribution is -2.42. The second-order valence-corrected chi connectivity index (χ2v) is 7.32. The predicted molar refractivity (Wildman–Crippen MR) is 105 cm³/mol. The Labute approximate surface area is 172 Å². The number of cyclic esters (lactones) is 2. The van der Waals surface area contributed by atoms with Crippen LogP contribution in [0.15, 0.2) is 60.3 Å². The summed E-state index contributed by atoms with van der Waals surface area (Å²) in [7, 11) is 0. The summed E-state index contributed by atoms with van der Waals surface area (Å²) in [6.07, 6.45) is 1.22. The highest BCUT2D eigenvalue weighted by Crippen LogP contribution is 2.25. The van der Waals surface area contributed by atoms with Crippen molar-refractivity contribution in [1.29, 1.82) is 0 Å². The van der Waals surface area contributed by atoms with E-state index in [4.69, 9.17) is 9.47 Å². The Hall–Kier alpha value is -3.94. The fraction of sp³-hybridized carbons (Fsp3) is 0.182. The molecule has 2 aliphatic heterocycles. The van der Waals surface area contributed by atoms with Crippen LogP contribution < -0.4 is 5.32 Å². The van der Waals surface area contributed by atoms with Crippen molar-refractivity contribution in [3.05, 3.63) is 77.0 Å². The first kappa shape index (κ1) is 19.4. The average Bonchev–Trinajstić information content (AvgIpc) is 2.93. The smallest absolute Gasteiger partial charge is 0.350 e. The minimum atomic E-state index is -1.29. The molecular weight excluding hydrogens is 388 g/mol. The van der Waals surface area contributed by atoms with Crippen molar-refractivity contribution in [3.8, 4) is 0 Å². The molecule has 8 nitrogen and oxygen atoms in total. The van der Waals surface area contributed by atoms with Gasteiger partial charge >= 0.3 is 11.9 Å². The van der Waals surface area contributed by atoms with Gasteiger partial charge < -0.3 is 14.8 Å². The van der Waals surface area contributed by atoms with E-state index in [2.05, 4.69) is 5.32 Å². The van der Waals surface area contributed by atoms with E-state index in [1.54, 1.807) is 48.5 Å². The molecule has 2 aromatic carbocycles. The van der Waals surface area contributed by atoms with E-state index in [1.165, 1.54) is 24.9 Å². The lowest BCUT2D eigenvalue weighted by atomic mass is 10.1. The second-order valence-electron chi connectivity index (χ2n) is 7.32. The third-order valence-electron chi connectivity index (χ3n) is 4.67. The molecule has 30 heavy (non-hydrogen) atoms. The van der Waals surface area contributed by atoms with Crippen LogP contribution in [0.3, 0.4) is 0 Å². The van der Waals surface area contributed by atoms with Crippen molar-refractivity contribution in [2.45, 2.75) is 26.2 Å². The maximum Gasteiger partial charge on any atom is 0.350 e. The van der Waals surface area contributed by atoms with Gasteiger partial charge in [-0.1, -0.05) is 24.3 Å². The summed E-state index contributed by atoms with van der Waals surface area (Å²) in [5.41, 5.74) is 1.91. The summed E-state index contributed by atoms with van der Waals surface area (Å²) >= 11 is 0. The minimum absolute atomic E-state index is 0.140. The van der Waals surface area contributed by atoms with Crippen LogP contribution in [0.4, 0.5) is 5.69 Å². The summed E-state index contributed by atoms with van der Waals surface area (Å²) in [5, 5.41) is 2.84. The number of carbonyl (C=O) groups excluding carboxylic acids is 4. The van der Waals surface area contributed by atoms with Gasteiger partial charge in [0.1, 0.15) is 0 Å². The van der Waals surface area contributed by atoms with Crippen molar-refractivity contribution in [1.82, 2.24) is 4.90 Å². The Balaban J connectivity index is 1.43. The zero-order chi connectivity index (χ0) is 21.5. The van der Waals surface area contributed by atoms with Crippen molar-refractivity contribution in [2.24, 2.45) is 0 Å². The fourth-order valence-electron chi connectivity index (χ4n) is 3.21. The van der Waals surface area contributed by atoms with Gasteiger partial charge in [-0.15, -0.1) is 0 Å². The molecule has 0 bridgehead atoms. The molecule has 1 fully saturated rings. The zero-order valence-electron chi connectivity index (χ0n) is 16.3. The summed E-state index contributed by atoms with van der Waals surface area (Å²) in [5.74, 6) is -3.48. The summed E-state index contributed by atoms with van der Waals surface area (Å²) < 4.78 is 10.1. The van der Waals surface area contributed by atoms with Crippen molar-refractivity contribution < 1.29 is 28.7 Å². The molecule has 0 atom stereocenters. The van der Waals surface area contributed by atoms with Crippen LogP contribution in [0.2, 0.25) is 0 Å². The average molecular weight is 406 g/mol. The van der Waals surface area contributed by atoms with E-state index in [9.17, 15) is 19.2 Å². The molecule has 4 rings (SSSR count). The number of hydrogen-bond acceptors (Lipinski definition) is 7. The van der Waals surface area contributed by atoms with Crippen LogP contribution in [0.1, 0.15) is 40.1 Å². The molecule has 152 valence electrons. The van der Waals surface area contributed by atoms with Gasteiger partial charge in [0, 0.05) is 25.7 Å². The lowest BCUT2D eigenvalue weighted by molar-refractivity contribution is -0.222. The van der Waals surface area contributed by atoms with Gasteiger partial charge in [-0.3, -0.25) is 14.5 Å². The topological polar surface area (TPSA) is 102 Å². The van der Waals surface area contributed by atoms with Crippen molar-refractivity contribution in [3.63, 3.8) is 0 Å². The van der Waals surface area contributed by atoms with Gasteiger partial charge in [-0.05, 0) is 29.8 Å². The molecule has 2 aromatic rings. The van der Waals surface area contributed by atoms with Gasteiger partial charge in [0.25, 0.3) is 17.6 Å². The van der Waals surface area contributed by atoms with Gasteiger partial charge in [-0.2, -0.15) is 0 Å². The van der Waals surface area contributed by atoms with Crippen molar-refractivity contribution in [2.75, 3.05) is 5.32 Å². The third kappa shape index (κ3) is 3.55. The standard InChI is InChI=1S/C22H18N2O6/c1-22(2)29-20(27)17(21(28)30-22)11-23-14-9-7-13(8-10-14)12-24-18(25)15-5-3-4-6-16(15)19(24)26/h3-11,23H,12H2,1-2H3. The number of amides is 2. The molecule has 0 saturated carbocycles. The number of esters is 2. The Morgan fingerprint density at radius 2 is 1.40 bits per heavy atom. The highest BCUT2D eigenvalue weighted by Gasteiger charge is 2.39. The van der Waals surface area contributed by atoms with E-state index in [1.807, 2.05) is 0 Å². The highest BCUT2D eigenvalue weighted by molar-refractivity contribution is 6.21. The number of hydrogen-bond donors (Lipinski definition) is 1. The monoisotopic (exact) mass is 406 g/mol. The van der Waals surface area contributed by atoms with Gasteiger partial charge in [0.15, 0.2) is 5.57 Å². The number of benzene rings is 2. The molecule has 0 radical (unpaired) electrons. The third-order valence-corrected chi connectivity index (χ3v) is 4.67. The Kier molecular flexibility index (Phi) is 4.62. The number of nitrogens with zero attached hydrogens (tertiary/aromatic N) is 1. The van der Waals surface area contributed by atoms with Gasteiger partial charge in [0.2, 0.25) is 0 Å². The van der Waals surface area contributed by atoms with E-state index in [-0.39, 0.29) is 23.9 Å². The molecular formula is C22H18N2O6. The van der Waals surface area contributed by atoms with E-state index >= 15 is 0 Å². The lowest BCUT2D eigenvalue weighted by Gasteiger charge is -2.29. The molecule has 2 aliphatic rings. The van der Waals surface area contributed by atoms with Gasteiger partial charge in [0.05, 0.1) is 17.7 Å². The van der Waals surface area contributed by atoms with Crippen LogP contribution in [0.5, 0.6) is 0 Å². The summed E-state index contributed by atoms with van der Waals surface area (Å²) in [4.78, 5) is 50.0. The Morgan fingerprint density at radius 3 is 1.93 bits per heavy atom. The number of anilines is 1. The van der Waals surface area contributed by atoms with Crippen LogP contribution in [0, 0.1) is 0 Å². The Morgan fingerprint density at radius 1 is 0.867 bits per heavy atom. The molecule has 0 spiro atoms. The molecule has 2 heterocycles. The first-order valence-electron chi connectivity index (χ1n) is 9.23. The first-order valence-corrected chi connectivity index (χ1v) is 9.23. The van der Waals surface area contributed by atoms with E-state index in [0.717, 1.165) is 5.56 Å². The van der Waals surface area contributed by atoms with E-state index in [0.29, 0.717) is 16.8 Å². The number of ether oxygens (including phenoxy) is 2. The second kappa shape index (κ2) is 7.14. The SMILES string of the molecule is CC1(C)OC(=O)C(=CNc2ccc(CN3C(=O)c4ccccc4C3=O)cc2)C(=O)O1. The maximum absolute atomic E-state index is 12.5. The molecule has 2 amide bonds. The number of carbonyl (C=O) groups is 4. The number of rotatable bonds is 4. The largest absolute Gasteiger partial charge is 0.419 e. The molecule has 8 heteroatoms. The number of nitrogens with one attached hydrogen (secondary N) is 1. The maximum atomic E-state index is 12.5. The quantitative estimate of drug-likeness (QED) is 0.360. The number of imide groups is 1. The summed E-state index contributed by atoms with van der Waals surface area (Å²) in [6.45, 7) is 3.08. The first-order chi connectivity index (χ1) is 14.2. The summed E-state index contributed by atoms with van der Waals surface area (Å²) in [6, 6.07) is 13.6. The number of fused-ring (bicyclic) bond motifs is 1. The molecule has 1 saturated heterocycles. The van der Waals surface area contributed by atoms with Crippen LogP contribution in [-0.2, 0) is 25.6 Å². The highest BCUT2D eigenvalue weighted by atomic mass is 16.7. The zero-order valence-corrected chi connectivity index (χ0v) is 16.3. The van der Waals surface area contributed by atoms with Crippen LogP contribution in [-0.4, -0.2) is 34.4 Å². The van der Waals surface area contributed by atoms with Crippen LogP contribution >= 0.6 is 0 Å². The molecule has 0 unspecified atom stereocenters. The van der Waals surface area contributed by atoms with Crippen LogP contribution in [0.25, 0.3) is 0 Å². The van der Waals surface area contributed by atoms with Gasteiger partial charge in [-0.25, -0.2) is 9.59 Å². The predicted octanol–water partition coefficient (Wildman–Crippen LogP) is 2.61. The van der Waals surface area contributed by atoms with E-state index < -0.39 is 17.7 Å². The molecule has 0 aromatic heterocycles. The fourth-order valence-corrected chi connectivity index (χ4v) is 3.21. The normalized spacial score (nSPS) is 17.4. The molecule has 0 aliphatic carbocycles. The molecule has 1 N–H and O–H groups in total. The van der Waals surface area contributed by atoms with Crippen molar-refractivity contribution >= 4 is 29.4 Å². The Bertz CT molecular complexity index is 1040.